The topological polar surface area (TPSA) is 90.7 Å². The highest BCUT2D eigenvalue weighted by Crippen LogP contribution is 2.24. The predicted octanol–water partition coefficient (Wildman–Crippen LogP) is 3.94. The third kappa shape index (κ3) is 5.48. The minimum atomic E-state index is -0.575. The number of aryl methyl sites for hydroxylation is 1. The maximum absolute atomic E-state index is 13.2. The van der Waals surface area contributed by atoms with Crippen LogP contribution in [-0.4, -0.2) is 52.2 Å². The number of ether oxygens (including phenoxy) is 2. The van der Waals surface area contributed by atoms with Crippen molar-refractivity contribution in [1.29, 1.82) is 0 Å². The fourth-order valence-electron chi connectivity index (χ4n) is 4.61. The van der Waals surface area contributed by atoms with E-state index in [2.05, 4.69) is 5.10 Å². The molecule has 8 heteroatoms. The SMILES string of the molecule is COC(=O)CCc1c(C)nn(-c2ccc(C(=O)N3CCC[C@H]3C(=O)OCc3ccccc3)cc2)c1C. The maximum Gasteiger partial charge on any atom is 0.329 e. The summed E-state index contributed by atoms with van der Waals surface area (Å²) in [5.41, 5.74) is 5.04. The quantitative estimate of drug-likeness (QED) is 0.445. The average molecular weight is 490 g/mol. The first-order chi connectivity index (χ1) is 17.4. The van der Waals surface area contributed by atoms with Crippen LogP contribution in [0, 0.1) is 13.8 Å². The molecule has 1 atom stereocenters. The summed E-state index contributed by atoms with van der Waals surface area (Å²) in [5, 5.41) is 4.62. The summed E-state index contributed by atoms with van der Waals surface area (Å²) < 4.78 is 12.1. The van der Waals surface area contributed by atoms with Crippen molar-refractivity contribution in [2.75, 3.05) is 13.7 Å². The zero-order valence-corrected chi connectivity index (χ0v) is 20.9. The summed E-state index contributed by atoms with van der Waals surface area (Å²) in [6, 6.07) is 16.1. The number of hydrogen-bond acceptors (Lipinski definition) is 6. The molecular weight excluding hydrogens is 458 g/mol. The normalized spacial score (nSPS) is 15.1. The zero-order chi connectivity index (χ0) is 25.7. The minimum Gasteiger partial charge on any atom is -0.469 e. The smallest absolute Gasteiger partial charge is 0.329 e. The van der Waals surface area contributed by atoms with Gasteiger partial charge in [-0.1, -0.05) is 30.3 Å². The molecule has 1 saturated heterocycles. The second kappa shape index (κ2) is 11.2. The highest BCUT2D eigenvalue weighted by atomic mass is 16.5. The van der Waals surface area contributed by atoms with E-state index in [9.17, 15) is 14.4 Å². The maximum atomic E-state index is 13.2. The van der Waals surface area contributed by atoms with Crippen molar-refractivity contribution in [2.45, 2.75) is 52.2 Å². The third-order valence-corrected chi connectivity index (χ3v) is 6.62. The highest BCUT2D eigenvalue weighted by molar-refractivity contribution is 5.97. The van der Waals surface area contributed by atoms with Crippen LogP contribution in [0.2, 0.25) is 0 Å². The molecule has 2 heterocycles. The van der Waals surface area contributed by atoms with Gasteiger partial charge >= 0.3 is 11.9 Å². The second-order valence-electron chi connectivity index (χ2n) is 8.93. The number of carbonyl (C=O) groups excluding carboxylic acids is 3. The van der Waals surface area contributed by atoms with Gasteiger partial charge in [0, 0.05) is 24.2 Å². The summed E-state index contributed by atoms with van der Waals surface area (Å²) in [5.74, 6) is -0.815. The molecular formula is C28H31N3O5. The molecule has 0 saturated carbocycles. The molecule has 0 unspecified atom stereocenters. The van der Waals surface area contributed by atoms with Crippen LogP contribution >= 0.6 is 0 Å². The van der Waals surface area contributed by atoms with Crippen LogP contribution in [0.4, 0.5) is 0 Å². The van der Waals surface area contributed by atoms with E-state index < -0.39 is 6.04 Å². The number of likely N-dealkylation sites (tertiary alicyclic amines) is 1. The van der Waals surface area contributed by atoms with Crippen molar-refractivity contribution in [3.8, 4) is 5.69 Å². The molecule has 0 N–H and O–H groups in total. The van der Waals surface area contributed by atoms with Crippen LogP contribution < -0.4 is 0 Å². The monoisotopic (exact) mass is 489 g/mol. The molecule has 0 radical (unpaired) electrons. The molecule has 3 aromatic rings. The van der Waals surface area contributed by atoms with Crippen molar-refractivity contribution in [2.24, 2.45) is 0 Å². The number of nitrogens with zero attached hydrogens (tertiary/aromatic N) is 3. The summed E-state index contributed by atoms with van der Waals surface area (Å²) in [6.07, 6.45) is 2.20. The Balaban J connectivity index is 1.43. The Labute approximate surface area is 210 Å². The van der Waals surface area contributed by atoms with Gasteiger partial charge in [-0.15, -0.1) is 0 Å². The third-order valence-electron chi connectivity index (χ3n) is 6.62. The summed E-state index contributed by atoms with van der Waals surface area (Å²) in [7, 11) is 1.38. The lowest BCUT2D eigenvalue weighted by Gasteiger charge is -2.23. The van der Waals surface area contributed by atoms with Crippen LogP contribution in [0.15, 0.2) is 54.6 Å². The van der Waals surface area contributed by atoms with Crippen LogP contribution in [0.25, 0.3) is 5.69 Å². The molecule has 36 heavy (non-hydrogen) atoms. The van der Waals surface area contributed by atoms with Gasteiger partial charge in [0.2, 0.25) is 0 Å². The first kappa shape index (κ1) is 25.2. The predicted molar refractivity (Wildman–Crippen MR) is 134 cm³/mol. The molecule has 0 spiro atoms. The second-order valence-corrected chi connectivity index (χ2v) is 8.93. The lowest BCUT2D eigenvalue weighted by molar-refractivity contribution is -0.149. The number of rotatable bonds is 8. The molecule has 8 nitrogen and oxygen atoms in total. The molecule has 188 valence electrons. The lowest BCUT2D eigenvalue weighted by atomic mass is 10.1. The fraction of sp³-hybridized carbons (Fsp3) is 0.357. The minimum absolute atomic E-state index is 0.187. The Morgan fingerprint density at radius 1 is 1.03 bits per heavy atom. The van der Waals surface area contributed by atoms with Crippen LogP contribution in [0.3, 0.4) is 0 Å². The first-order valence-corrected chi connectivity index (χ1v) is 12.1. The van der Waals surface area contributed by atoms with E-state index in [1.54, 1.807) is 17.0 Å². The number of methoxy groups -OCH3 is 1. The van der Waals surface area contributed by atoms with E-state index in [0.717, 1.165) is 34.6 Å². The van der Waals surface area contributed by atoms with Gasteiger partial charge in [0.05, 0.1) is 18.5 Å². The Morgan fingerprint density at radius 2 is 1.75 bits per heavy atom. The molecule has 1 fully saturated rings. The Bertz CT molecular complexity index is 1230. The molecule has 0 bridgehead atoms. The highest BCUT2D eigenvalue weighted by Gasteiger charge is 2.35. The molecule has 2 aromatic carbocycles. The van der Waals surface area contributed by atoms with Crippen molar-refractivity contribution in [1.82, 2.24) is 14.7 Å². The molecule has 1 amide bonds. The average Bonchev–Trinajstić information content (AvgIpc) is 3.51. The van der Waals surface area contributed by atoms with E-state index >= 15 is 0 Å². The number of esters is 2. The van der Waals surface area contributed by atoms with E-state index in [0.29, 0.717) is 31.4 Å². The number of benzene rings is 2. The van der Waals surface area contributed by atoms with Gasteiger partial charge < -0.3 is 14.4 Å². The number of aromatic nitrogens is 2. The van der Waals surface area contributed by atoms with Crippen molar-refractivity contribution < 1.29 is 23.9 Å². The van der Waals surface area contributed by atoms with Crippen molar-refractivity contribution >= 4 is 17.8 Å². The van der Waals surface area contributed by atoms with Gasteiger partial charge in [0.15, 0.2) is 0 Å². The lowest BCUT2D eigenvalue weighted by Crippen LogP contribution is -2.41. The number of hydrogen-bond donors (Lipinski definition) is 0. The Morgan fingerprint density at radius 3 is 2.44 bits per heavy atom. The molecule has 1 aliphatic rings. The largest absolute Gasteiger partial charge is 0.469 e. The fourth-order valence-corrected chi connectivity index (χ4v) is 4.61. The number of carbonyl (C=O) groups is 3. The van der Waals surface area contributed by atoms with E-state index in [1.807, 2.05) is 61.0 Å². The summed E-state index contributed by atoms with van der Waals surface area (Å²) in [6.45, 7) is 4.59. The standard InChI is InChI=1S/C28H31N3O5/c1-19-24(15-16-26(32)35-3)20(2)31(29-19)23-13-11-22(12-14-23)27(33)30-17-7-10-25(30)28(34)36-18-21-8-5-4-6-9-21/h4-6,8-9,11-14,25H,7,10,15-18H2,1-3H3/t25-/m0/s1. The Kier molecular flexibility index (Phi) is 7.83. The van der Waals surface area contributed by atoms with E-state index in [-0.39, 0.29) is 24.5 Å². The molecule has 0 aliphatic carbocycles. The zero-order valence-electron chi connectivity index (χ0n) is 20.9. The summed E-state index contributed by atoms with van der Waals surface area (Å²) >= 11 is 0. The van der Waals surface area contributed by atoms with Crippen LogP contribution in [-0.2, 0) is 32.1 Å². The summed E-state index contributed by atoms with van der Waals surface area (Å²) in [4.78, 5) is 39.1. The van der Waals surface area contributed by atoms with Crippen molar-refractivity contribution in [3.63, 3.8) is 0 Å². The van der Waals surface area contributed by atoms with Crippen LogP contribution in [0.1, 0.15) is 52.1 Å². The van der Waals surface area contributed by atoms with E-state index in [1.165, 1.54) is 7.11 Å². The van der Waals surface area contributed by atoms with Gasteiger partial charge in [-0.25, -0.2) is 9.48 Å². The van der Waals surface area contributed by atoms with Gasteiger partial charge in [0.25, 0.3) is 5.91 Å². The number of amides is 1. The van der Waals surface area contributed by atoms with Gasteiger partial charge in [-0.05, 0) is 68.5 Å². The molecule has 1 aliphatic heterocycles. The Hall–Kier alpha value is -3.94. The van der Waals surface area contributed by atoms with E-state index in [4.69, 9.17) is 9.47 Å². The van der Waals surface area contributed by atoms with Gasteiger partial charge in [-0.3, -0.25) is 9.59 Å². The van der Waals surface area contributed by atoms with Crippen LogP contribution in [0.5, 0.6) is 0 Å². The first-order valence-electron chi connectivity index (χ1n) is 12.1. The van der Waals surface area contributed by atoms with Gasteiger partial charge in [0.1, 0.15) is 12.6 Å². The van der Waals surface area contributed by atoms with Gasteiger partial charge in [-0.2, -0.15) is 5.10 Å². The van der Waals surface area contributed by atoms with Crippen molar-refractivity contribution in [3.05, 3.63) is 82.7 Å². The molecule has 1 aromatic heterocycles. The molecule has 4 rings (SSSR count).